The lowest BCUT2D eigenvalue weighted by molar-refractivity contribution is 0.0773. The monoisotopic (exact) mass is 382 g/mol. The predicted molar refractivity (Wildman–Crippen MR) is 114 cm³/mol. The zero-order valence-electron chi connectivity index (χ0n) is 17.2. The minimum Gasteiger partial charge on any atom is -0.497 e. The van der Waals surface area contributed by atoms with E-state index in [0.717, 1.165) is 41.5 Å². The summed E-state index contributed by atoms with van der Waals surface area (Å²) in [4.78, 5) is 18.4. The molecular formula is C22H30N4O2. The van der Waals surface area contributed by atoms with Crippen LogP contribution in [-0.4, -0.2) is 44.0 Å². The zero-order chi connectivity index (χ0) is 20.4. The first-order valence-corrected chi connectivity index (χ1v) is 9.56. The molecular weight excluding hydrogens is 352 g/mol. The fraction of sp³-hybridized carbons (Fsp3) is 0.364. The predicted octanol–water partition coefficient (Wildman–Crippen LogP) is 3.04. The molecule has 0 radical (unpaired) electrons. The average Bonchev–Trinajstić information content (AvgIpc) is 2.75. The van der Waals surface area contributed by atoms with Gasteiger partial charge in [-0.05, 0) is 49.2 Å². The number of guanidine groups is 1. The third-order valence-corrected chi connectivity index (χ3v) is 4.55. The van der Waals surface area contributed by atoms with Crippen LogP contribution in [0.25, 0.3) is 0 Å². The fourth-order valence-corrected chi connectivity index (χ4v) is 2.79. The molecule has 0 atom stereocenters. The summed E-state index contributed by atoms with van der Waals surface area (Å²) in [6, 6.07) is 15.6. The first-order valence-electron chi connectivity index (χ1n) is 9.56. The smallest absolute Gasteiger partial charge is 0.253 e. The van der Waals surface area contributed by atoms with Gasteiger partial charge in [-0.2, -0.15) is 0 Å². The number of nitrogens with one attached hydrogen (secondary N) is 2. The lowest BCUT2D eigenvalue weighted by Crippen LogP contribution is -2.36. The van der Waals surface area contributed by atoms with Crippen molar-refractivity contribution in [1.82, 2.24) is 15.5 Å². The molecule has 28 heavy (non-hydrogen) atoms. The molecule has 0 spiro atoms. The number of aliphatic imine (C=N–C) groups is 1. The van der Waals surface area contributed by atoms with Gasteiger partial charge in [-0.25, -0.2) is 0 Å². The standard InChI is InChI=1S/C22H30N4O2/c1-5-26(6-2)21(27)19-11-7-17(8-12-19)15-24-22(23-3)25-16-18-9-13-20(28-4)14-10-18/h7-14H,5-6,15-16H2,1-4H3,(H2,23,24,25). The van der Waals surface area contributed by atoms with E-state index in [-0.39, 0.29) is 5.91 Å². The van der Waals surface area contributed by atoms with Gasteiger partial charge in [0.25, 0.3) is 5.91 Å². The van der Waals surface area contributed by atoms with Gasteiger partial charge >= 0.3 is 0 Å². The second-order valence-corrected chi connectivity index (χ2v) is 6.30. The number of hydrogen-bond acceptors (Lipinski definition) is 3. The summed E-state index contributed by atoms with van der Waals surface area (Å²) in [5.41, 5.74) is 2.95. The number of benzene rings is 2. The molecule has 0 aliphatic rings. The van der Waals surface area contributed by atoms with Crippen molar-refractivity contribution in [2.75, 3.05) is 27.2 Å². The Balaban J connectivity index is 1.86. The van der Waals surface area contributed by atoms with Gasteiger partial charge in [0.15, 0.2) is 5.96 Å². The van der Waals surface area contributed by atoms with Crippen LogP contribution in [-0.2, 0) is 13.1 Å². The van der Waals surface area contributed by atoms with Crippen molar-refractivity contribution < 1.29 is 9.53 Å². The van der Waals surface area contributed by atoms with Gasteiger partial charge in [-0.3, -0.25) is 9.79 Å². The third-order valence-electron chi connectivity index (χ3n) is 4.55. The molecule has 0 aromatic heterocycles. The van der Waals surface area contributed by atoms with Gasteiger partial charge in [0.05, 0.1) is 7.11 Å². The number of rotatable bonds is 8. The Morgan fingerprint density at radius 2 is 1.43 bits per heavy atom. The third kappa shape index (κ3) is 6.01. The number of amides is 1. The van der Waals surface area contributed by atoms with Crippen LogP contribution in [0.15, 0.2) is 53.5 Å². The molecule has 0 bridgehead atoms. The topological polar surface area (TPSA) is 66.0 Å². The zero-order valence-corrected chi connectivity index (χ0v) is 17.2. The van der Waals surface area contributed by atoms with Crippen molar-refractivity contribution >= 4 is 11.9 Å². The molecule has 150 valence electrons. The van der Waals surface area contributed by atoms with E-state index in [1.54, 1.807) is 14.2 Å². The van der Waals surface area contributed by atoms with E-state index in [0.29, 0.717) is 13.1 Å². The molecule has 1 amide bonds. The second kappa shape index (κ2) is 11.0. The molecule has 0 heterocycles. The van der Waals surface area contributed by atoms with Crippen molar-refractivity contribution in [2.45, 2.75) is 26.9 Å². The average molecular weight is 383 g/mol. The summed E-state index contributed by atoms with van der Waals surface area (Å²) in [6.07, 6.45) is 0. The molecule has 2 aromatic carbocycles. The number of hydrogen-bond donors (Lipinski definition) is 2. The molecule has 0 aliphatic heterocycles. The quantitative estimate of drug-likeness (QED) is 0.544. The van der Waals surface area contributed by atoms with Crippen LogP contribution in [0.1, 0.15) is 35.3 Å². The van der Waals surface area contributed by atoms with E-state index >= 15 is 0 Å². The maximum atomic E-state index is 12.4. The van der Waals surface area contributed by atoms with E-state index in [1.165, 1.54) is 0 Å². The highest BCUT2D eigenvalue weighted by Gasteiger charge is 2.11. The van der Waals surface area contributed by atoms with E-state index < -0.39 is 0 Å². The summed E-state index contributed by atoms with van der Waals surface area (Å²) in [5, 5.41) is 6.58. The van der Waals surface area contributed by atoms with Crippen LogP contribution in [0.2, 0.25) is 0 Å². The summed E-state index contributed by atoms with van der Waals surface area (Å²) >= 11 is 0. The summed E-state index contributed by atoms with van der Waals surface area (Å²) in [5.74, 6) is 1.63. The van der Waals surface area contributed by atoms with Gasteiger partial charge in [0.1, 0.15) is 5.75 Å². The first-order chi connectivity index (χ1) is 13.6. The van der Waals surface area contributed by atoms with E-state index in [9.17, 15) is 4.79 Å². The number of carbonyl (C=O) groups is 1. The van der Waals surface area contributed by atoms with Crippen molar-refractivity contribution in [3.05, 3.63) is 65.2 Å². The van der Waals surface area contributed by atoms with Crippen LogP contribution >= 0.6 is 0 Å². The Morgan fingerprint density at radius 1 is 0.929 bits per heavy atom. The number of nitrogens with zero attached hydrogens (tertiary/aromatic N) is 2. The Morgan fingerprint density at radius 3 is 1.86 bits per heavy atom. The lowest BCUT2D eigenvalue weighted by atomic mass is 10.1. The van der Waals surface area contributed by atoms with Gasteiger partial charge in [0, 0.05) is 38.8 Å². The largest absolute Gasteiger partial charge is 0.497 e. The van der Waals surface area contributed by atoms with Gasteiger partial charge in [0.2, 0.25) is 0 Å². The molecule has 0 saturated heterocycles. The van der Waals surface area contributed by atoms with Crippen LogP contribution in [0.3, 0.4) is 0 Å². The van der Waals surface area contributed by atoms with Gasteiger partial charge in [-0.15, -0.1) is 0 Å². The van der Waals surface area contributed by atoms with Gasteiger partial charge < -0.3 is 20.3 Å². The highest BCUT2D eigenvalue weighted by atomic mass is 16.5. The highest BCUT2D eigenvalue weighted by molar-refractivity contribution is 5.94. The summed E-state index contributed by atoms with van der Waals surface area (Å²) in [6.45, 7) is 6.71. The number of ether oxygens (including phenoxy) is 1. The fourth-order valence-electron chi connectivity index (χ4n) is 2.79. The molecule has 6 nitrogen and oxygen atoms in total. The van der Waals surface area contributed by atoms with Crippen molar-refractivity contribution in [3.8, 4) is 5.75 Å². The lowest BCUT2D eigenvalue weighted by Gasteiger charge is -2.18. The van der Waals surface area contributed by atoms with Crippen LogP contribution in [0.5, 0.6) is 5.75 Å². The van der Waals surface area contributed by atoms with Crippen molar-refractivity contribution in [2.24, 2.45) is 4.99 Å². The highest BCUT2D eigenvalue weighted by Crippen LogP contribution is 2.11. The molecule has 0 fully saturated rings. The Hall–Kier alpha value is -3.02. The molecule has 2 aromatic rings. The minimum absolute atomic E-state index is 0.0708. The molecule has 0 aliphatic carbocycles. The number of carbonyl (C=O) groups excluding carboxylic acids is 1. The Labute approximate surface area is 167 Å². The van der Waals surface area contributed by atoms with E-state index in [4.69, 9.17) is 4.74 Å². The molecule has 0 saturated carbocycles. The molecule has 2 N–H and O–H groups in total. The van der Waals surface area contributed by atoms with E-state index in [2.05, 4.69) is 15.6 Å². The first kappa shape index (κ1) is 21.3. The SMILES string of the molecule is CCN(CC)C(=O)c1ccc(CNC(=NC)NCc2ccc(OC)cc2)cc1. The van der Waals surface area contributed by atoms with E-state index in [1.807, 2.05) is 67.3 Å². The molecule has 2 rings (SSSR count). The van der Waals surface area contributed by atoms with Crippen molar-refractivity contribution in [1.29, 1.82) is 0 Å². The summed E-state index contributed by atoms with van der Waals surface area (Å²) < 4.78 is 5.17. The van der Waals surface area contributed by atoms with Crippen LogP contribution in [0.4, 0.5) is 0 Å². The summed E-state index contributed by atoms with van der Waals surface area (Å²) in [7, 11) is 3.40. The Kier molecular flexibility index (Phi) is 8.34. The van der Waals surface area contributed by atoms with Crippen molar-refractivity contribution in [3.63, 3.8) is 0 Å². The Bertz CT molecular complexity index is 766. The maximum absolute atomic E-state index is 12.4. The van der Waals surface area contributed by atoms with Crippen LogP contribution in [0, 0.1) is 0 Å². The minimum atomic E-state index is 0.0708. The second-order valence-electron chi connectivity index (χ2n) is 6.30. The molecule has 0 unspecified atom stereocenters. The molecule has 6 heteroatoms. The maximum Gasteiger partial charge on any atom is 0.253 e. The number of methoxy groups -OCH3 is 1. The van der Waals surface area contributed by atoms with Crippen LogP contribution < -0.4 is 15.4 Å². The normalized spacial score (nSPS) is 11.1. The van der Waals surface area contributed by atoms with Gasteiger partial charge in [-0.1, -0.05) is 24.3 Å².